The summed E-state index contributed by atoms with van der Waals surface area (Å²) < 4.78 is 16.8. The van der Waals surface area contributed by atoms with Gasteiger partial charge in [-0.15, -0.1) is 0 Å². The van der Waals surface area contributed by atoms with Crippen molar-refractivity contribution in [3.8, 4) is 16.9 Å². The van der Waals surface area contributed by atoms with Crippen LogP contribution < -0.4 is 21.9 Å². The monoisotopic (exact) mass is 541 g/mol. The summed E-state index contributed by atoms with van der Waals surface area (Å²) in [6.07, 6.45) is 1.40. The number of urea groups is 1. The van der Waals surface area contributed by atoms with Crippen molar-refractivity contribution in [1.29, 1.82) is 0 Å². The summed E-state index contributed by atoms with van der Waals surface area (Å²) in [6.45, 7) is 7.77. The first-order chi connectivity index (χ1) is 18.9. The molecular weight excluding hydrogens is 513 g/mol. The lowest BCUT2D eigenvalue weighted by molar-refractivity contribution is 0.262. The lowest BCUT2D eigenvalue weighted by atomic mass is 9.92. The minimum Gasteiger partial charge on any atom is -0.396 e. The van der Waals surface area contributed by atoms with Gasteiger partial charge in [-0.1, -0.05) is 39.0 Å². The highest BCUT2D eigenvalue weighted by Crippen LogP contribution is 2.27. The number of nitrogen functional groups attached to an aromatic ring is 1. The molecule has 3 heterocycles. The minimum atomic E-state index is -0.594. The molecule has 0 fully saturated rings. The van der Waals surface area contributed by atoms with E-state index in [-0.39, 0.29) is 28.4 Å². The number of rotatable bonds is 4. The molecule has 0 aliphatic carbocycles. The molecule has 0 saturated heterocycles. The zero-order valence-electron chi connectivity index (χ0n) is 22.7. The van der Waals surface area contributed by atoms with E-state index in [4.69, 9.17) is 10.8 Å². The number of amides is 2. The van der Waals surface area contributed by atoms with Crippen LogP contribution >= 0.6 is 0 Å². The minimum absolute atomic E-state index is 0.0291. The fourth-order valence-corrected chi connectivity index (χ4v) is 4.15. The van der Waals surface area contributed by atoms with Gasteiger partial charge in [0.05, 0.1) is 23.3 Å². The maximum atomic E-state index is 13.9. The molecular formula is C28H28FN9O2. The van der Waals surface area contributed by atoms with Crippen molar-refractivity contribution in [1.82, 2.24) is 29.3 Å². The SMILES string of the molecule is Cc1cc(F)c(N)cc1-c1nc2cnc(NC(=O)Nc3cc(C(C)(C)C)nn3-c3ccccc3)nc2n(C)c1=O. The van der Waals surface area contributed by atoms with Crippen LogP contribution in [0.2, 0.25) is 0 Å². The summed E-state index contributed by atoms with van der Waals surface area (Å²) in [5, 5.41) is 10.1. The third-order valence-electron chi connectivity index (χ3n) is 6.35. The first-order valence-electron chi connectivity index (χ1n) is 12.5. The van der Waals surface area contributed by atoms with Gasteiger partial charge >= 0.3 is 6.03 Å². The molecule has 5 aromatic rings. The van der Waals surface area contributed by atoms with Crippen LogP contribution in [0.25, 0.3) is 28.1 Å². The number of hydrogen-bond donors (Lipinski definition) is 3. The molecule has 4 N–H and O–H groups in total. The van der Waals surface area contributed by atoms with Crippen LogP contribution in [0, 0.1) is 12.7 Å². The van der Waals surface area contributed by atoms with Gasteiger partial charge in [-0.2, -0.15) is 10.1 Å². The molecule has 3 aromatic heterocycles. The number of nitrogens with one attached hydrogen (secondary N) is 2. The Morgan fingerprint density at radius 2 is 1.77 bits per heavy atom. The van der Waals surface area contributed by atoms with Crippen LogP contribution in [0.3, 0.4) is 0 Å². The average Bonchev–Trinajstić information content (AvgIpc) is 3.33. The van der Waals surface area contributed by atoms with Gasteiger partial charge in [0.1, 0.15) is 22.8 Å². The molecule has 40 heavy (non-hydrogen) atoms. The smallest absolute Gasteiger partial charge is 0.327 e. The molecule has 0 aliphatic rings. The van der Waals surface area contributed by atoms with Crippen molar-refractivity contribution in [2.45, 2.75) is 33.1 Å². The maximum Gasteiger partial charge on any atom is 0.327 e. The molecule has 0 unspecified atom stereocenters. The second-order valence-corrected chi connectivity index (χ2v) is 10.4. The normalized spacial score (nSPS) is 11.6. The highest BCUT2D eigenvalue weighted by molar-refractivity contribution is 5.98. The third-order valence-corrected chi connectivity index (χ3v) is 6.35. The van der Waals surface area contributed by atoms with E-state index in [0.29, 0.717) is 22.5 Å². The number of nitrogens with zero attached hydrogens (tertiary/aromatic N) is 6. The molecule has 12 heteroatoms. The Labute approximate surface area is 228 Å². The lowest BCUT2D eigenvalue weighted by Gasteiger charge is -2.14. The number of fused-ring (bicyclic) bond motifs is 1. The number of carbonyl (C=O) groups excluding carboxylic acids is 1. The van der Waals surface area contributed by atoms with Crippen molar-refractivity contribution < 1.29 is 9.18 Å². The Kier molecular flexibility index (Phi) is 6.54. The summed E-state index contributed by atoms with van der Waals surface area (Å²) in [4.78, 5) is 39.1. The van der Waals surface area contributed by atoms with Gasteiger partial charge in [-0.05, 0) is 36.8 Å². The van der Waals surface area contributed by atoms with Crippen LogP contribution in [-0.2, 0) is 12.5 Å². The van der Waals surface area contributed by atoms with Crippen molar-refractivity contribution in [2.75, 3.05) is 16.4 Å². The number of halogens is 1. The number of nitrogens with two attached hydrogens (primary N) is 1. The van der Waals surface area contributed by atoms with Gasteiger partial charge in [0, 0.05) is 24.1 Å². The first kappa shape index (κ1) is 26.5. The van der Waals surface area contributed by atoms with Crippen LogP contribution in [0.4, 0.5) is 26.6 Å². The molecule has 0 saturated carbocycles. The summed E-state index contributed by atoms with van der Waals surface area (Å²) >= 11 is 0. The number of aromatic nitrogens is 6. The second kappa shape index (κ2) is 9.88. The number of hydrogen-bond acceptors (Lipinski definition) is 7. The second-order valence-electron chi connectivity index (χ2n) is 10.4. The quantitative estimate of drug-likeness (QED) is 0.283. The third kappa shape index (κ3) is 4.98. The summed E-state index contributed by atoms with van der Waals surface area (Å²) in [7, 11) is 1.53. The summed E-state index contributed by atoms with van der Waals surface area (Å²) in [5.74, 6) is -0.140. The van der Waals surface area contributed by atoms with Gasteiger partial charge in [0.15, 0.2) is 5.65 Å². The van der Waals surface area contributed by atoms with Gasteiger partial charge in [0.2, 0.25) is 5.95 Å². The van der Waals surface area contributed by atoms with Crippen molar-refractivity contribution >= 4 is 34.6 Å². The molecule has 5 rings (SSSR count). The molecule has 0 spiro atoms. The number of benzene rings is 2. The topological polar surface area (TPSA) is 146 Å². The number of carbonyl (C=O) groups is 1. The standard InChI is InChI=1S/C28H28FN9O2/c1-15-11-18(29)19(30)12-17(15)23-25(39)37(5)24-20(32-23)14-31-26(34-24)35-27(40)33-22-13-21(28(2,3)4)36-38(22)16-9-7-6-8-10-16/h6-14H,30H2,1-5H3,(H2,31,33,34,35,40). The highest BCUT2D eigenvalue weighted by atomic mass is 19.1. The van der Waals surface area contributed by atoms with Gasteiger partial charge in [0.25, 0.3) is 5.56 Å². The lowest BCUT2D eigenvalue weighted by Crippen LogP contribution is -2.24. The molecule has 204 valence electrons. The van der Waals surface area contributed by atoms with Crippen LogP contribution in [0.15, 0.2) is 59.5 Å². The molecule has 2 amide bonds. The van der Waals surface area contributed by atoms with E-state index in [0.717, 1.165) is 11.4 Å². The zero-order valence-corrected chi connectivity index (χ0v) is 22.7. The van der Waals surface area contributed by atoms with Gasteiger partial charge < -0.3 is 5.73 Å². The van der Waals surface area contributed by atoms with Gasteiger partial charge in [-0.3, -0.25) is 20.0 Å². The Hall–Kier alpha value is -5.13. The Morgan fingerprint density at radius 3 is 2.48 bits per heavy atom. The van der Waals surface area contributed by atoms with E-state index in [9.17, 15) is 14.0 Å². The van der Waals surface area contributed by atoms with E-state index in [1.807, 2.05) is 57.2 Å². The number of aryl methyl sites for hydroxylation is 2. The van der Waals surface area contributed by atoms with E-state index in [1.165, 1.54) is 29.9 Å². The molecule has 0 radical (unpaired) electrons. The predicted molar refractivity (Wildman–Crippen MR) is 152 cm³/mol. The molecule has 0 atom stereocenters. The fraction of sp³-hybridized carbons (Fsp3) is 0.214. The van der Waals surface area contributed by atoms with E-state index >= 15 is 0 Å². The zero-order chi connectivity index (χ0) is 28.8. The van der Waals surface area contributed by atoms with E-state index in [2.05, 4.69) is 25.6 Å². The molecule has 11 nitrogen and oxygen atoms in total. The number of para-hydroxylation sites is 1. The van der Waals surface area contributed by atoms with Crippen LogP contribution in [0.5, 0.6) is 0 Å². The Bertz CT molecular complexity index is 1820. The Morgan fingerprint density at radius 1 is 1.05 bits per heavy atom. The van der Waals surface area contributed by atoms with Crippen molar-refractivity contribution in [3.63, 3.8) is 0 Å². The summed E-state index contributed by atoms with van der Waals surface area (Å²) in [5.41, 5.74) is 8.03. The van der Waals surface area contributed by atoms with Crippen LogP contribution in [-0.4, -0.2) is 35.3 Å². The summed E-state index contributed by atoms with van der Waals surface area (Å²) in [6, 6.07) is 13.3. The largest absolute Gasteiger partial charge is 0.396 e. The molecule has 0 bridgehead atoms. The van der Waals surface area contributed by atoms with Crippen molar-refractivity contribution in [2.24, 2.45) is 7.05 Å². The number of anilines is 3. The van der Waals surface area contributed by atoms with E-state index in [1.54, 1.807) is 11.6 Å². The van der Waals surface area contributed by atoms with E-state index < -0.39 is 17.4 Å². The van der Waals surface area contributed by atoms with Crippen LogP contribution in [0.1, 0.15) is 32.0 Å². The fourth-order valence-electron chi connectivity index (χ4n) is 4.15. The first-order valence-corrected chi connectivity index (χ1v) is 12.5. The average molecular weight is 542 g/mol. The molecule has 0 aliphatic heterocycles. The van der Waals surface area contributed by atoms with Crippen molar-refractivity contribution in [3.05, 3.63) is 82.2 Å². The Balaban J connectivity index is 1.45. The highest BCUT2D eigenvalue weighted by Gasteiger charge is 2.22. The predicted octanol–water partition coefficient (Wildman–Crippen LogP) is 4.55. The van der Waals surface area contributed by atoms with Gasteiger partial charge in [-0.25, -0.2) is 23.8 Å². The maximum absolute atomic E-state index is 13.9. The molecule has 2 aromatic carbocycles.